The number of nitrogens with one attached hydrogen (secondary N) is 1. The molecule has 0 aliphatic carbocycles. The van der Waals surface area contributed by atoms with E-state index in [1.165, 1.54) is 21.2 Å². The van der Waals surface area contributed by atoms with Crippen molar-refractivity contribution in [2.75, 3.05) is 7.05 Å². The number of hydrogen-bond acceptors (Lipinski definition) is 2. The maximum atomic E-state index is 6.11. The molecule has 3 aromatic rings. The fourth-order valence-corrected chi connectivity index (χ4v) is 3.87. The first kappa shape index (κ1) is 14.9. The lowest BCUT2D eigenvalue weighted by atomic mass is 9.98. The molecule has 0 saturated heterocycles. The molecule has 1 atom stereocenters. The minimum absolute atomic E-state index is 0.262. The number of halogens is 2. The largest absolute Gasteiger partial charge is 0.313 e. The molecular weight excluding hydrogens is 321 g/mol. The van der Waals surface area contributed by atoms with Crippen LogP contribution in [0.25, 0.3) is 10.1 Å². The Bertz CT molecular complexity index is 766. The van der Waals surface area contributed by atoms with E-state index in [1.807, 2.05) is 25.2 Å². The van der Waals surface area contributed by atoms with E-state index in [0.717, 1.165) is 6.42 Å². The molecule has 0 radical (unpaired) electrons. The van der Waals surface area contributed by atoms with Crippen molar-refractivity contribution in [2.45, 2.75) is 12.5 Å². The third-order valence-corrected chi connectivity index (χ3v) is 5.38. The van der Waals surface area contributed by atoms with Gasteiger partial charge < -0.3 is 5.32 Å². The molecule has 108 valence electrons. The van der Waals surface area contributed by atoms with Gasteiger partial charge in [0.15, 0.2) is 0 Å². The summed E-state index contributed by atoms with van der Waals surface area (Å²) >= 11 is 13.9. The summed E-state index contributed by atoms with van der Waals surface area (Å²) in [5.41, 5.74) is 2.52. The van der Waals surface area contributed by atoms with Crippen molar-refractivity contribution < 1.29 is 0 Å². The molecule has 0 saturated carbocycles. The molecule has 0 spiro atoms. The Morgan fingerprint density at radius 3 is 2.67 bits per heavy atom. The molecule has 1 aromatic heterocycles. The minimum atomic E-state index is 0.262. The molecule has 0 amide bonds. The van der Waals surface area contributed by atoms with Gasteiger partial charge in [0.05, 0.1) is 10.0 Å². The molecule has 2 aromatic carbocycles. The van der Waals surface area contributed by atoms with Gasteiger partial charge in [-0.3, -0.25) is 0 Å². The highest BCUT2D eigenvalue weighted by Crippen LogP contribution is 2.32. The molecule has 1 nitrogen and oxygen atoms in total. The number of hydrogen-bond donors (Lipinski definition) is 1. The average molecular weight is 336 g/mol. The summed E-state index contributed by atoms with van der Waals surface area (Å²) in [6.07, 6.45) is 0.883. The van der Waals surface area contributed by atoms with Crippen LogP contribution in [-0.2, 0) is 6.42 Å². The van der Waals surface area contributed by atoms with Gasteiger partial charge in [-0.1, -0.05) is 47.5 Å². The lowest BCUT2D eigenvalue weighted by molar-refractivity contribution is 0.598. The lowest BCUT2D eigenvalue weighted by Crippen LogP contribution is -2.18. The quantitative estimate of drug-likeness (QED) is 0.643. The Labute approximate surface area is 138 Å². The zero-order valence-electron chi connectivity index (χ0n) is 11.6. The van der Waals surface area contributed by atoms with Gasteiger partial charge in [0.1, 0.15) is 0 Å². The van der Waals surface area contributed by atoms with Crippen molar-refractivity contribution in [3.63, 3.8) is 0 Å². The van der Waals surface area contributed by atoms with Crippen LogP contribution in [0.5, 0.6) is 0 Å². The first-order chi connectivity index (χ1) is 10.2. The number of thiophene rings is 1. The van der Waals surface area contributed by atoms with Crippen LogP contribution >= 0.6 is 34.5 Å². The molecule has 0 aliphatic heterocycles. The Hall–Kier alpha value is -1.06. The van der Waals surface area contributed by atoms with Gasteiger partial charge in [0.2, 0.25) is 0 Å². The second kappa shape index (κ2) is 6.37. The van der Waals surface area contributed by atoms with Crippen LogP contribution in [0.2, 0.25) is 10.0 Å². The highest BCUT2D eigenvalue weighted by molar-refractivity contribution is 7.17. The maximum absolute atomic E-state index is 6.11. The predicted molar refractivity (Wildman–Crippen MR) is 93.8 cm³/mol. The van der Waals surface area contributed by atoms with Crippen molar-refractivity contribution in [3.8, 4) is 0 Å². The fourth-order valence-electron chi connectivity index (χ4n) is 2.54. The normalized spacial score (nSPS) is 12.7. The molecule has 3 rings (SSSR count). The third-order valence-electron chi connectivity index (χ3n) is 3.66. The molecule has 0 bridgehead atoms. The van der Waals surface area contributed by atoms with Crippen molar-refractivity contribution in [1.82, 2.24) is 5.32 Å². The summed E-state index contributed by atoms with van der Waals surface area (Å²) in [5, 5.41) is 8.18. The van der Waals surface area contributed by atoms with Crippen LogP contribution in [0.3, 0.4) is 0 Å². The molecule has 4 heteroatoms. The highest BCUT2D eigenvalue weighted by Gasteiger charge is 2.15. The molecule has 1 heterocycles. The van der Waals surface area contributed by atoms with E-state index in [0.29, 0.717) is 10.0 Å². The maximum Gasteiger partial charge on any atom is 0.0595 e. The molecule has 21 heavy (non-hydrogen) atoms. The van der Waals surface area contributed by atoms with Crippen molar-refractivity contribution in [3.05, 3.63) is 69.0 Å². The first-order valence-corrected chi connectivity index (χ1v) is 8.40. The van der Waals surface area contributed by atoms with E-state index < -0.39 is 0 Å². The van der Waals surface area contributed by atoms with Crippen LogP contribution in [0.4, 0.5) is 0 Å². The number of rotatable bonds is 4. The van der Waals surface area contributed by atoms with Gasteiger partial charge >= 0.3 is 0 Å². The average Bonchev–Trinajstić information content (AvgIpc) is 2.92. The van der Waals surface area contributed by atoms with Gasteiger partial charge in [0.25, 0.3) is 0 Å². The zero-order chi connectivity index (χ0) is 14.8. The van der Waals surface area contributed by atoms with Gasteiger partial charge in [-0.2, -0.15) is 0 Å². The third kappa shape index (κ3) is 3.09. The van der Waals surface area contributed by atoms with Gasteiger partial charge in [-0.25, -0.2) is 0 Å². The van der Waals surface area contributed by atoms with Gasteiger partial charge in [-0.05, 0) is 53.6 Å². The topological polar surface area (TPSA) is 12.0 Å². The molecule has 1 N–H and O–H groups in total. The molecule has 1 unspecified atom stereocenters. The predicted octanol–water partition coefficient (Wildman–Crippen LogP) is 5.71. The molecule has 0 aliphatic rings. The summed E-state index contributed by atoms with van der Waals surface area (Å²) in [6, 6.07) is 14.6. The lowest BCUT2D eigenvalue weighted by Gasteiger charge is -2.16. The van der Waals surface area contributed by atoms with Crippen LogP contribution in [0.1, 0.15) is 17.2 Å². The smallest absolute Gasteiger partial charge is 0.0595 e. The van der Waals surface area contributed by atoms with Crippen LogP contribution in [0, 0.1) is 0 Å². The Morgan fingerprint density at radius 1 is 1.10 bits per heavy atom. The van der Waals surface area contributed by atoms with E-state index >= 15 is 0 Å². The Kier molecular flexibility index (Phi) is 4.51. The van der Waals surface area contributed by atoms with Gasteiger partial charge in [-0.15, -0.1) is 11.3 Å². The summed E-state index contributed by atoms with van der Waals surface area (Å²) in [5.74, 6) is 0. The standard InChI is InChI=1S/C17H15Cl2NS/c1-20-16(9-11-6-7-14(18)15(19)8-11)13-10-21-17-5-3-2-4-12(13)17/h2-8,10,16,20H,9H2,1H3. The zero-order valence-corrected chi connectivity index (χ0v) is 13.9. The first-order valence-electron chi connectivity index (χ1n) is 6.76. The molecule has 0 fully saturated rings. The molecular formula is C17H15Cl2NS. The van der Waals surface area contributed by atoms with Crippen LogP contribution in [0.15, 0.2) is 47.8 Å². The summed E-state index contributed by atoms with van der Waals surface area (Å²) in [4.78, 5) is 0. The SMILES string of the molecule is CNC(Cc1ccc(Cl)c(Cl)c1)c1csc2ccccc12. The van der Waals surface area contributed by atoms with E-state index in [2.05, 4.69) is 35.0 Å². The fraction of sp³-hybridized carbons (Fsp3) is 0.176. The second-order valence-electron chi connectivity index (χ2n) is 4.98. The number of fused-ring (bicyclic) bond motifs is 1. The van der Waals surface area contributed by atoms with E-state index in [9.17, 15) is 0 Å². The van der Waals surface area contributed by atoms with Gasteiger partial charge in [0, 0.05) is 10.7 Å². The minimum Gasteiger partial charge on any atom is -0.313 e. The summed E-state index contributed by atoms with van der Waals surface area (Å²) in [7, 11) is 1.99. The summed E-state index contributed by atoms with van der Waals surface area (Å²) in [6.45, 7) is 0. The van der Waals surface area contributed by atoms with E-state index in [1.54, 1.807) is 11.3 Å². The second-order valence-corrected chi connectivity index (χ2v) is 6.71. The Morgan fingerprint density at radius 2 is 1.90 bits per heavy atom. The Balaban J connectivity index is 1.93. The van der Waals surface area contributed by atoms with Crippen LogP contribution in [-0.4, -0.2) is 7.05 Å². The van der Waals surface area contributed by atoms with E-state index in [-0.39, 0.29) is 6.04 Å². The monoisotopic (exact) mass is 335 g/mol. The van der Waals surface area contributed by atoms with Crippen molar-refractivity contribution >= 4 is 44.6 Å². The number of likely N-dealkylation sites (N-methyl/N-ethyl adjacent to an activating group) is 1. The highest BCUT2D eigenvalue weighted by atomic mass is 35.5. The van der Waals surface area contributed by atoms with Crippen LogP contribution < -0.4 is 5.32 Å². The van der Waals surface area contributed by atoms with Crippen molar-refractivity contribution in [1.29, 1.82) is 0 Å². The number of benzene rings is 2. The summed E-state index contributed by atoms with van der Waals surface area (Å²) < 4.78 is 1.32. The van der Waals surface area contributed by atoms with Crippen molar-refractivity contribution in [2.24, 2.45) is 0 Å². The van der Waals surface area contributed by atoms with E-state index in [4.69, 9.17) is 23.2 Å².